The summed E-state index contributed by atoms with van der Waals surface area (Å²) in [5.74, 6) is -1.68. The van der Waals surface area contributed by atoms with Gasteiger partial charge in [-0.05, 0) is 12.1 Å². The van der Waals surface area contributed by atoms with Crippen molar-refractivity contribution in [1.82, 2.24) is 10.2 Å². The molecule has 124 valence electrons. The summed E-state index contributed by atoms with van der Waals surface area (Å²) in [7, 11) is 0. The highest BCUT2D eigenvalue weighted by molar-refractivity contribution is 6.32. The Labute approximate surface area is 138 Å². The molecule has 0 radical (unpaired) electrons. The van der Waals surface area contributed by atoms with Gasteiger partial charge in [0.1, 0.15) is 18.9 Å². The predicted octanol–water partition coefficient (Wildman–Crippen LogP) is 0.768. The first-order valence-corrected chi connectivity index (χ1v) is 7.49. The molecule has 1 aliphatic heterocycles. The Morgan fingerprint density at radius 2 is 2.13 bits per heavy atom. The molecule has 2 N–H and O–H groups in total. The molecule has 1 aromatic carbocycles. The quantitative estimate of drug-likeness (QED) is 0.764. The SMILES string of the molecule is O=C(O)CNC(=O)C1CC(=O)N(CCOc2ccccc2Cl)C1. The van der Waals surface area contributed by atoms with Gasteiger partial charge in [0.2, 0.25) is 11.8 Å². The first-order chi connectivity index (χ1) is 11.0. The number of hydrogen-bond acceptors (Lipinski definition) is 4. The van der Waals surface area contributed by atoms with Gasteiger partial charge in [0, 0.05) is 13.0 Å². The van der Waals surface area contributed by atoms with Crippen molar-refractivity contribution >= 4 is 29.4 Å². The zero-order valence-electron chi connectivity index (χ0n) is 12.3. The van der Waals surface area contributed by atoms with Crippen molar-refractivity contribution in [2.24, 2.45) is 5.92 Å². The molecule has 1 atom stereocenters. The molecular formula is C15H17ClN2O5. The number of carbonyl (C=O) groups is 3. The fourth-order valence-electron chi connectivity index (χ4n) is 2.30. The zero-order valence-corrected chi connectivity index (χ0v) is 13.1. The molecule has 0 bridgehead atoms. The Morgan fingerprint density at radius 1 is 1.39 bits per heavy atom. The van der Waals surface area contributed by atoms with Crippen LogP contribution in [0, 0.1) is 5.92 Å². The molecule has 1 saturated heterocycles. The minimum atomic E-state index is -1.12. The molecular weight excluding hydrogens is 324 g/mol. The van der Waals surface area contributed by atoms with Gasteiger partial charge in [0.05, 0.1) is 17.5 Å². The molecule has 1 aromatic rings. The van der Waals surface area contributed by atoms with Crippen molar-refractivity contribution in [1.29, 1.82) is 0 Å². The van der Waals surface area contributed by atoms with E-state index in [0.717, 1.165) is 0 Å². The number of benzene rings is 1. The molecule has 2 rings (SSSR count). The van der Waals surface area contributed by atoms with E-state index < -0.39 is 24.3 Å². The molecule has 0 aliphatic carbocycles. The Hall–Kier alpha value is -2.28. The normalized spacial score (nSPS) is 17.2. The van der Waals surface area contributed by atoms with Crippen molar-refractivity contribution in [2.45, 2.75) is 6.42 Å². The van der Waals surface area contributed by atoms with Crippen LogP contribution in [0.1, 0.15) is 6.42 Å². The Balaban J connectivity index is 1.78. The number of ether oxygens (including phenoxy) is 1. The molecule has 0 saturated carbocycles. The molecule has 0 spiro atoms. The summed E-state index contributed by atoms with van der Waals surface area (Å²) in [6, 6.07) is 7.03. The number of para-hydroxylation sites is 1. The van der Waals surface area contributed by atoms with Crippen LogP contribution >= 0.6 is 11.6 Å². The number of carboxylic acids is 1. The molecule has 1 heterocycles. The molecule has 1 aliphatic rings. The second-order valence-electron chi connectivity index (χ2n) is 5.13. The average molecular weight is 341 g/mol. The largest absolute Gasteiger partial charge is 0.490 e. The monoisotopic (exact) mass is 340 g/mol. The van der Waals surface area contributed by atoms with Crippen LogP contribution in [0.25, 0.3) is 0 Å². The third-order valence-corrected chi connectivity index (χ3v) is 3.77. The summed E-state index contributed by atoms with van der Waals surface area (Å²) < 4.78 is 5.52. The summed E-state index contributed by atoms with van der Waals surface area (Å²) in [6.45, 7) is 0.418. The highest BCUT2D eigenvalue weighted by Crippen LogP contribution is 2.23. The van der Waals surface area contributed by atoms with Crippen LogP contribution in [0.4, 0.5) is 0 Å². The van der Waals surface area contributed by atoms with Crippen molar-refractivity contribution in [3.8, 4) is 5.75 Å². The second-order valence-corrected chi connectivity index (χ2v) is 5.54. The van der Waals surface area contributed by atoms with Crippen LogP contribution in [-0.4, -0.2) is 54.0 Å². The first kappa shape index (κ1) is 17.1. The van der Waals surface area contributed by atoms with Crippen molar-refractivity contribution < 1.29 is 24.2 Å². The fourth-order valence-corrected chi connectivity index (χ4v) is 2.49. The van der Waals surface area contributed by atoms with Gasteiger partial charge in [0.15, 0.2) is 0 Å². The van der Waals surface area contributed by atoms with Crippen molar-refractivity contribution in [3.05, 3.63) is 29.3 Å². The Morgan fingerprint density at radius 3 is 2.83 bits per heavy atom. The lowest BCUT2D eigenvalue weighted by Crippen LogP contribution is -2.36. The number of hydrogen-bond donors (Lipinski definition) is 2. The van der Waals surface area contributed by atoms with Crippen LogP contribution in [-0.2, 0) is 14.4 Å². The molecule has 7 nitrogen and oxygen atoms in total. The van der Waals surface area contributed by atoms with E-state index >= 15 is 0 Å². The van der Waals surface area contributed by atoms with Gasteiger partial charge < -0.3 is 20.1 Å². The minimum Gasteiger partial charge on any atom is -0.490 e. The van der Waals surface area contributed by atoms with Crippen molar-refractivity contribution in [2.75, 3.05) is 26.2 Å². The summed E-state index contributed by atoms with van der Waals surface area (Å²) >= 11 is 5.97. The van der Waals surface area contributed by atoms with Gasteiger partial charge in [-0.2, -0.15) is 0 Å². The summed E-state index contributed by atoms with van der Waals surface area (Å²) in [5, 5.41) is 11.3. The van der Waals surface area contributed by atoms with E-state index in [2.05, 4.69) is 5.32 Å². The third kappa shape index (κ3) is 4.85. The van der Waals surface area contributed by atoms with E-state index in [4.69, 9.17) is 21.4 Å². The molecule has 8 heteroatoms. The van der Waals surface area contributed by atoms with Gasteiger partial charge in [-0.3, -0.25) is 14.4 Å². The smallest absolute Gasteiger partial charge is 0.322 e. The summed E-state index contributed by atoms with van der Waals surface area (Å²) in [5.41, 5.74) is 0. The Bertz CT molecular complexity index is 607. The molecule has 23 heavy (non-hydrogen) atoms. The van der Waals surface area contributed by atoms with Crippen LogP contribution in [0.5, 0.6) is 5.75 Å². The van der Waals surface area contributed by atoms with Crippen molar-refractivity contribution in [3.63, 3.8) is 0 Å². The van der Waals surface area contributed by atoms with Gasteiger partial charge in [-0.25, -0.2) is 0 Å². The molecule has 0 aromatic heterocycles. The predicted molar refractivity (Wildman–Crippen MR) is 82.3 cm³/mol. The number of rotatable bonds is 7. The zero-order chi connectivity index (χ0) is 16.8. The summed E-state index contributed by atoms with van der Waals surface area (Å²) in [4.78, 5) is 35.6. The number of carboxylic acid groups (broad SMARTS) is 1. The number of likely N-dealkylation sites (tertiary alicyclic amines) is 1. The second kappa shape index (κ2) is 7.82. The van der Waals surface area contributed by atoms with Crippen LogP contribution < -0.4 is 10.1 Å². The fraction of sp³-hybridized carbons (Fsp3) is 0.400. The number of aliphatic carboxylic acids is 1. The van der Waals surface area contributed by atoms with E-state index in [9.17, 15) is 14.4 Å². The number of nitrogens with one attached hydrogen (secondary N) is 1. The lowest BCUT2D eigenvalue weighted by molar-refractivity contribution is -0.138. The topological polar surface area (TPSA) is 95.9 Å². The highest BCUT2D eigenvalue weighted by atomic mass is 35.5. The first-order valence-electron chi connectivity index (χ1n) is 7.12. The van der Waals surface area contributed by atoms with Crippen LogP contribution in [0.15, 0.2) is 24.3 Å². The molecule has 1 fully saturated rings. The number of amides is 2. The van der Waals surface area contributed by atoms with Crippen LogP contribution in [0.3, 0.4) is 0 Å². The van der Waals surface area contributed by atoms with Gasteiger partial charge in [-0.15, -0.1) is 0 Å². The van der Waals surface area contributed by atoms with E-state index in [1.807, 2.05) is 0 Å². The van der Waals surface area contributed by atoms with Gasteiger partial charge >= 0.3 is 5.97 Å². The van der Waals surface area contributed by atoms with Gasteiger partial charge in [0.25, 0.3) is 0 Å². The summed E-state index contributed by atoms with van der Waals surface area (Å²) in [6.07, 6.45) is 0.0809. The standard InChI is InChI=1S/C15H17ClN2O5/c16-11-3-1-2-4-12(11)23-6-5-18-9-10(7-13(18)19)15(22)17-8-14(20)21/h1-4,10H,5-9H2,(H,17,22)(H,20,21). The van der Waals surface area contributed by atoms with Crippen LogP contribution in [0.2, 0.25) is 5.02 Å². The molecule has 2 amide bonds. The number of nitrogens with zero attached hydrogens (tertiary/aromatic N) is 1. The maximum atomic E-state index is 11.9. The average Bonchev–Trinajstić information content (AvgIpc) is 2.88. The molecule has 1 unspecified atom stereocenters. The van der Waals surface area contributed by atoms with Gasteiger partial charge in [-0.1, -0.05) is 23.7 Å². The highest BCUT2D eigenvalue weighted by Gasteiger charge is 2.34. The van der Waals surface area contributed by atoms with E-state index in [-0.39, 0.29) is 25.5 Å². The maximum absolute atomic E-state index is 11.9. The number of carbonyl (C=O) groups excluding carboxylic acids is 2. The lowest BCUT2D eigenvalue weighted by atomic mass is 10.1. The Kier molecular flexibility index (Phi) is 5.81. The van der Waals surface area contributed by atoms with E-state index in [1.54, 1.807) is 24.3 Å². The number of halogens is 1. The third-order valence-electron chi connectivity index (χ3n) is 3.45. The van der Waals surface area contributed by atoms with E-state index in [1.165, 1.54) is 4.90 Å². The maximum Gasteiger partial charge on any atom is 0.322 e. The minimum absolute atomic E-state index is 0.0809. The lowest BCUT2D eigenvalue weighted by Gasteiger charge is -2.17. The van der Waals surface area contributed by atoms with E-state index in [0.29, 0.717) is 17.3 Å².